The maximum atomic E-state index is 10.4. The zero-order valence-electron chi connectivity index (χ0n) is 12.2. The van der Waals surface area contributed by atoms with Crippen molar-refractivity contribution in [2.24, 2.45) is 0 Å². The first-order valence-electron chi connectivity index (χ1n) is 7.06. The van der Waals surface area contributed by atoms with Crippen LogP contribution in [-0.4, -0.2) is 55.4 Å². The summed E-state index contributed by atoms with van der Waals surface area (Å²) in [6, 6.07) is 7.38. The largest absolute Gasteiger partial charge is 0.492 e. The Labute approximate surface area is 124 Å². The summed E-state index contributed by atoms with van der Waals surface area (Å²) in [7, 11) is 1.75. The predicted octanol–water partition coefficient (Wildman–Crippen LogP) is 1.88. The lowest BCUT2D eigenvalue weighted by Crippen LogP contribution is -2.27. The van der Waals surface area contributed by atoms with E-state index < -0.39 is 5.97 Å². The molecule has 1 fully saturated rings. The molecule has 21 heavy (non-hydrogen) atoms. The van der Waals surface area contributed by atoms with Crippen molar-refractivity contribution < 1.29 is 19.4 Å². The van der Waals surface area contributed by atoms with Gasteiger partial charge in [-0.3, -0.25) is 4.90 Å². The third-order valence-electron chi connectivity index (χ3n) is 3.54. The lowest BCUT2D eigenvalue weighted by atomic mass is 10.2. The molecule has 0 bridgehead atoms. The third kappa shape index (κ3) is 5.21. The summed E-state index contributed by atoms with van der Waals surface area (Å²) in [6.45, 7) is 3.56. The number of nitrogens with zero attached hydrogens (tertiary/aromatic N) is 1. The average Bonchev–Trinajstić information content (AvgIpc) is 2.94. The van der Waals surface area contributed by atoms with Crippen LogP contribution in [0.25, 0.3) is 6.08 Å². The van der Waals surface area contributed by atoms with Crippen LogP contribution in [0.2, 0.25) is 0 Å². The molecule has 0 radical (unpaired) electrons. The van der Waals surface area contributed by atoms with Gasteiger partial charge in [0.2, 0.25) is 0 Å². The lowest BCUT2D eigenvalue weighted by molar-refractivity contribution is -0.131. The third-order valence-corrected chi connectivity index (χ3v) is 3.54. The van der Waals surface area contributed by atoms with E-state index in [0.29, 0.717) is 12.7 Å². The van der Waals surface area contributed by atoms with Crippen LogP contribution in [0.1, 0.15) is 12.0 Å². The van der Waals surface area contributed by atoms with Crippen molar-refractivity contribution in [3.05, 3.63) is 35.9 Å². The Hall–Kier alpha value is -1.85. The van der Waals surface area contributed by atoms with Crippen LogP contribution in [0, 0.1) is 0 Å². The normalized spacial score (nSPS) is 19.2. The highest BCUT2D eigenvalue weighted by molar-refractivity contribution is 5.85. The smallest absolute Gasteiger partial charge is 0.328 e. The Balaban J connectivity index is 1.72. The van der Waals surface area contributed by atoms with Crippen LogP contribution >= 0.6 is 0 Å². The van der Waals surface area contributed by atoms with Gasteiger partial charge in [-0.15, -0.1) is 0 Å². The SMILES string of the molecule is COC1CCN(CCOc2ccc(/C=C/C(=O)O)cc2)C1. The molecule has 0 saturated carbocycles. The quantitative estimate of drug-likeness (QED) is 0.777. The molecule has 1 unspecified atom stereocenters. The molecule has 0 aromatic heterocycles. The Morgan fingerprint density at radius 2 is 2.19 bits per heavy atom. The van der Waals surface area contributed by atoms with Gasteiger partial charge in [0.15, 0.2) is 0 Å². The van der Waals surface area contributed by atoms with Crippen LogP contribution in [0.15, 0.2) is 30.3 Å². The van der Waals surface area contributed by atoms with E-state index in [0.717, 1.165) is 43.4 Å². The molecule has 0 amide bonds. The monoisotopic (exact) mass is 291 g/mol. The number of carboxylic acid groups (broad SMARTS) is 1. The molecule has 1 saturated heterocycles. The predicted molar refractivity (Wildman–Crippen MR) is 80.5 cm³/mol. The molecule has 0 spiro atoms. The highest BCUT2D eigenvalue weighted by Gasteiger charge is 2.21. The molecule has 1 aromatic rings. The Kier molecular flexibility index (Phi) is 5.78. The Morgan fingerprint density at radius 3 is 2.81 bits per heavy atom. The number of carboxylic acids is 1. The van der Waals surface area contributed by atoms with Crippen molar-refractivity contribution in [2.75, 3.05) is 33.4 Å². The Bertz CT molecular complexity index is 484. The zero-order valence-corrected chi connectivity index (χ0v) is 12.2. The number of hydrogen-bond acceptors (Lipinski definition) is 4. The highest BCUT2D eigenvalue weighted by Crippen LogP contribution is 2.14. The van der Waals surface area contributed by atoms with Crippen molar-refractivity contribution >= 4 is 12.0 Å². The number of hydrogen-bond donors (Lipinski definition) is 1. The standard InChI is InChI=1S/C16H21NO4/c1-20-15-8-9-17(12-15)10-11-21-14-5-2-13(3-6-14)4-7-16(18)19/h2-7,15H,8-12H2,1H3,(H,18,19)/b7-4+. The number of aliphatic carboxylic acids is 1. The molecule has 5 nitrogen and oxygen atoms in total. The van der Waals surface area contributed by atoms with E-state index in [1.807, 2.05) is 24.3 Å². The molecule has 114 valence electrons. The number of rotatable bonds is 7. The van der Waals surface area contributed by atoms with Crippen molar-refractivity contribution in [1.29, 1.82) is 0 Å². The molecule has 1 N–H and O–H groups in total. The minimum atomic E-state index is -0.949. The second-order valence-electron chi connectivity index (χ2n) is 5.04. The summed E-state index contributed by atoms with van der Waals surface area (Å²) in [5.41, 5.74) is 0.840. The van der Waals surface area contributed by atoms with Crippen LogP contribution in [-0.2, 0) is 9.53 Å². The molecule has 1 aliphatic heterocycles. The molecule has 1 aromatic carbocycles. The van der Waals surface area contributed by atoms with E-state index in [1.54, 1.807) is 13.2 Å². The Morgan fingerprint density at radius 1 is 1.43 bits per heavy atom. The van der Waals surface area contributed by atoms with E-state index in [2.05, 4.69) is 4.90 Å². The fourth-order valence-corrected chi connectivity index (χ4v) is 2.33. The zero-order chi connectivity index (χ0) is 15.1. The summed E-state index contributed by atoms with van der Waals surface area (Å²) in [5, 5.41) is 8.56. The second-order valence-corrected chi connectivity index (χ2v) is 5.04. The van der Waals surface area contributed by atoms with Gasteiger partial charge in [-0.1, -0.05) is 12.1 Å². The van der Waals surface area contributed by atoms with Gasteiger partial charge < -0.3 is 14.6 Å². The van der Waals surface area contributed by atoms with Gasteiger partial charge in [0.1, 0.15) is 12.4 Å². The number of likely N-dealkylation sites (tertiary alicyclic amines) is 1. The van der Waals surface area contributed by atoms with E-state index in [4.69, 9.17) is 14.6 Å². The van der Waals surface area contributed by atoms with Gasteiger partial charge in [0, 0.05) is 32.8 Å². The lowest BCUT2D eigenvalue weighted by Gasteiger charge is -2.15. The van der Waals surface area contributed by atoms with Gasteiger partial charge >= 0.3 is 5.97 Å². The first kappa shape index (κ1) is 15.5. The second kappa shape index (κ2) is 7.81. The van der Waals surface area contributed by atoms with Gasteiger partial charge in [0.05, 0.1) is 6.10 Å². The molecular weight excluding hydrogens is 270 g/mol. The maximum Gasteiger partial charge on any atom is 0.328 e. The summed E-state index contributed by atoms with van der Waals surface area (Å²) in [4.78, 5) is 12.8. The molecule has 2 rings (SSSR count). The number of ether oxygens (including phenoxy) is 2. The van der Waals surface area contributed by atoms with E-state index >= 15 is 0 Å². The fourth-order valence-electron chi connectivity index (χ4n) is 2.33. The number of carbonyl (C=O) groups is 1. The van der Waals surface area contributed by atoms with Crippen molar-refractivity contribution in [2.45, 2.75) is 12.5 Å². The van der Waals surface area contributed by atoms with Gasteiger partial charge in [0.25, 0.3) is 0 Å². The van der Waals surface area contributed by atoms with Crippen LogP contribution in [0.5, 0.6) is 5.75 Å². The molecule has 1 aliphatic rings. The van der Waals surface area contributed by atoms with Crippen LogP contribution < -0.4 is 4.74 Å². The highest BCUT2D eigenvalue weighted by atomic mass is 16.5. The summed E-state index contributed by atoms with van der Waals surface area (Å²) < 4.78 is 11.0. The average molecular weight is 291 g/mol. The van der Waals surface area contributed by atoms with Gasteiger partial charge in [-0.2, -0.15) is 0 Å². The first-order valence-corrected chi connectivity index (χ1v) is 7.06. The summed E-state index contributed by atoms with van der Waals surface area (Å²) in [6.07, 6.45) is 4.11. The van der Waals surface area contributed by atoms with Crippen LogP contribution in [0.3, 0.4) is 0 Å². The minimum Gasteiger partial charge on any atom is -0.492 e. The van der Waals surface area contributed by atoms with Crippen molar-refractivity contribution in [3.8, 4) is 5.75 Å². The topological polar surface area (TPSA) is 59.0 Å². The van der Waals surface area contributed by atoms with E-state index in [-0.39, 0.29) is 0 Å². The number of benzene rings is 1. The number of methoxy groups -OCH3 is 1. The molecular formula is C16H21NO4. The summed E-state index contributed by atoms with van der Waals surface area (Å²) >= 11 is 0. The fraction of sp³-hybridized carbons (Fsp3) is 0.438. The minimum absolute atomic E-state index is 0.352. The maximum absolute atomic E-state index is 10.4. The van der Waals surface area contributed by atoms with Gasteiger partial charge in [-0.05, 0) is 30.2 Å². The molecule has 1 atom stereocenters. The van der Waals surface area contributed by atoms with Crippen LogP contribution in [0.4, 0.5) is 0 Å². The van der Waals surface area contributed by atoms with Crippen molar-refractivity contribution in [3.63, 3.8) is 0 Å². The summed E-state index contributed by atoms with van der Waals surface area (Å²) in [5.74, 6) is -0.153. The van der Waals surface area contributed by atoms with E-state index in [9.17, 15) is 4.79 Å². The molecule has 5 heteroatoms. The first-order chi connectivity index (χ1) is 10.2. The van der Waals surface area contributed by atoms with E-state index in [1.165, 1.54) is 0 Å². The molecule has 1 heterocycles. The van der Waals surface area contributed by atoms with Crippen molar-refractivity contribution in [1.82, 2.24) is 4.90 Å². The van der Waals surface area contributed by atoms with Gasteiger partial charge in [-0.25, -0.2) is 4.79 Å². The molecule has 0 aliphatic carbocycles.